The van der Waals surface area contributed by atoms with Crippen molar-refractivity contribution in [1.29, 1.82) is 0 Å². The first-order valence-electron chi connectivity index (χ1n) is 4.23. The van der Waals surface area contributed by atoms with Crippen LogP contribution < -0.4 is 0 Å². The molecule has 0 radical (unpaired) electrons. The van der Waals surface area contributed by atoms with Gasteiger partial charge in [-0.1, -0.05) is 13.3 Å². The fourth-order valence-electron chi connectivity index (χ4n) is 1.23. The molecule has 1 aromatic heterocycles. The number of imidazole rings is 1. The van der Waals surface area contributed by atoms with Crippen molar-refractivity contribution in [3.63, 3.8) is 0 Å². The van der Waals surface area contributed by atoms with Crippen LogP contribution in [0.5, 0.6) is 0 Å². The topological polar surface area (TPSA) is 17.8 Å². The molecule has 0 unspecified atom stereocenters. The molecule has 0 spiro atoms. The Kier molecular flexibility index (Phi) is 2.69. The maximum Gasteiger partial charge on any atom is 0.108 e. The normalized spacial score (nSPS) is 10.5. The lowest BCUT2D eigenvalue weighted by atomic mass is 10.2. The highest BCUT2D eigenvalue weighted by atomic mass is 15.0. The van der Waals surface area contributed by atoms with E-state index >= 15 is 0 Å². The first kappa shape index (κ1) is 8.31. The summed E-state index contributed by atoms with van der Waals surface area (Å²) in [5.74, 6) is 1.21. The summed E-state index contributed by atoms with van der Waals surface area (Å²) >= 11 is 0. The number of unbranched alkanes of at least 4 members (excludes halogenated alkanes) is 1. The summed E-state index contributed by atoms with van der Waals surface area (Å²) in [5.41, 5.74) is 1.12. The number of aryl methyl sites for hydroxylation is 3. The third-order valence-corrected chi connectivity index (χ3v) is 1.85. The van der Waals surface area contributed by atoms with Crippen molar-refractivity contribution in [3.8, 4) is 0 Å². The Labute approximate surface area is 68.3 Å². The predicted molar refractivity (Wildman–Crippen MR) is 46.6 cm³/mol. The largest absolute Gasteiger partial charge is 0.338 e. The van der Waals surface area contributed by atoms with Gasteiger partial charge in [0.1, 0.15) is 5.82 Å². The molecule has 0 aliphatic carbocycles. The second-order valence-corrected chi connectivity index (χ2v) is 3.01. The number of hydrogen-bond donors (Lipinski definition) is 0. The van der Waals surface area contributed by atoms with Crippen molar-refractivity contribution in [3.05, 3.63) is 17.7 Å². The van der Waals surface area contributed by atoms with Gasteiger partial charge in [0, 0.05) is 19.7 Å². The Balaban J connectivity index is 2.62. The van der Waals surface area contributed by atoms with E-state index in [0.717, 1.165) is 12.1 Å². The summed E-state index contributed by atoms with van der Waals surface area (Å²) in [4.78, 5) is 4.41. The van der Waals surface area contributed by atoms with Gasteiger partial charge in [0.2, 0.25) is 0 Å². The second-order valence-electron chi connectivity index (χ2n) is 3.01. The first-order chi connectivity index (χ1) is 5.24. The molecule has 0 amide bonds. The van der Waals surface area contributed by atoms with Crippen LogP contribution in [0.4, 0.5) is 0 Å². The highest BCUT2D eigenvalue weighted by Gasteiger charge is 1.99. The Morgan fingerprint density at radius 2 is 2.27 bits per heavy atom. The molecule has 1 rings (SSSR count). The van der Waals surface area contributed by atoms with Gasteiger partial charge in [-0.3, -0.25) is 0 Å². The Morgan fingerprint density at radius 3 is 2.73 bits per heavy atom. The van der Waals surface area contributed by atoms with Crippen LogP contribution in [0.2, 0.25) is 0 Å². The molecule has 0 aliphatic rings. The van der Waals surface area contributed by atoms with Gasteiger partial charge in [-0.25, -0.2) is 4.98 Å². The van der Waals surface area contributed by atoms with Crippen LogP contribution in [-0.2, 0) is 13.5 Å². The number of hydrogen-bond acceptors (Lipinski definition) is 1. The van der Waals surface area contributed by atoms with Crippen LogP contribution >= 0.6 is 0 Å². The summed E-state index contributed by atoms with van der Waals surface area (Å²) in [6, 6.07) is 0. The minimum absolute atomic E-state index is 1.11. The zero-order valence-corrected chi connectivity index (χ0v) is 7.59. The first-order valence-corrected chi connectivity index (χ1v) is 4.23. The van der Waals surface area contributed by atoms with Crippen LogP contribution in [0.15, 0.2) is 6.20 Å². The van der Waals surface area contributed by atoms with E-state index in [1.807, 2.05) is 6.92 Å². The lowest BCUT2D eigenvalue weighted by Gasteiger charge is -1.97. The highest BCUT2D eigenvalue weighted by Crippen LogP contribution is 2.03. The lowest BCUT2D eigenvalue weighted by molar-refractivity contribution is 0.711. The summed E-state index contributed by atoms with van der Waals surface area (Å²) in [6.45, 7) is 4.24. The van der Waals surface area contributed by atoms with Gasteiger partial charge in [-0.15, -0.1) is 0 Å². The molecule has 0 N–H and O–H groups in total. The molecule has 0 saturated heterocycles. The Morgan fingerprint density at radius 1 is 1.55 bits per heavy atom. The van der Waals surface area contributed by atoms with E-state index in [4.69, 9.17) is 0 Å². The van der Waals surface area contributed by atoms with Crippen molar-refractivity contribution in [2.45, 2.75) is 33.1 Å². The second kappa shape index (κ2) is 3.56. The summed E-state index contributed by atoms with van der Waals surface area (Å²) < 4.78 is 2.12. The van der Waals surface area contributed by atoms with Crippen LogP contribution in [0, 0.1) is 6.92 Å². The SMILES string of the molecule is CCCCc1nc(C)cn1C. The third-order valence-electron chi connectivity index (χ3n) is 1.85. The van der Waals surface area contributed by atoms with Crippen molar-refractivity contribution in [2.75, 3.05) is 0 Å². The minimum Gasteiger partial charge on any atom is -0.338 e. The van der Waals surface area contributed by atoms with E-state index in [0.29, 0.717) is 0 Å². The monoisotopic (exact) mass is 152 g/mol. The predicted octanol–water partition coefficient (Wildman–Crippen LogP) is 2.07. The number of aromatic nitrogens is 2. The minimum atomic E-state index is 1.11. The average molecular weight is 152 g/mol. The molecule has 2 heteroatoms. The van der Waals surface area contributed by atoms with Gasteiger partial charge in [0.25, 0.3) is 0 Å². The van der Waals surface area contributed by atoms with Crippen LogP contribution in [0.25, 0.3) is 0 Å². The Bertz CT molecular complexity index is 225. The quantitative estimate of drug-likeness (QED) is 0.648. The van der Waals surface area contributed by atoms with E-state index < -0.39 is 0 Å². The van der Waals surface area contributed by atoms with Gasteiger partial charge in [-0.05, 0) is 13.3 Å². The van der Waals surface area contributed by atoms with Crippen molar-refractivity contribution in [1.82, 2.24) is 9.55 Å². The van der Waals surface area contributed by atoms with E-state index in [9.17, 15) is 0 Å². The van der Waals surface area contributed by atoms with E-state index in [-0.39, 0.29) is 0 Å². The molecule has 0 fully saturated rings. The average Bonchev–Trinajstić information content (AvgIpc) is 2.26. The van der Waals surface area contributed by atoms with Crippen molar-refractivity contribution >= 4 is 0 Å². The zero-order valence-electron chi connectivity index (χ0n) is 7.59. The third kappa shape index (κ3) is 2.07. The van der Waals surface area contributed by atoms with E-state index in [1.165, 1.54) is 18.7 Å². The fourth-order valence-corrected chi connectivity index (χ4v) is 1.23. The summed E-state index contributed by atoms with van der Waals surface area (Å²) in [7, 11) is 2.06. The molecule has 0 saturated carbocycles. The van der Waals surface area contributed by atoms with Gasteiger partial charge < -0.3 is 4.57 Å². The molecular weight excluding hydrogens is 136 g/mol. The standard InChI is InChI=1S/C9H16N2/c1-4-5-6-9-10-8(2)7-11(9)3/h7H,4-6H2,1-3H3. The maximum absolute atomic E-state index is 4.41. The Hall–Kier alpha value is -0.790. The molecule has 0 bridgehead atoms. The highest BCUT2D eigenvalue weighted by molar-refractivity contribution is 5.01. The number of nitrogens with zero attached hydrogens (tertiary/aromatic N) is 2. The van der Waals surface area contributed by atoms with Gasteiger partial charge in [0.15, 0.2) is 0 Å². The van der Waals surface area contributed by atoms with Gasteiger partial charge in [-0.2, -0.15) is 0 Å². The summed E-state index contributed by atoms with van der Waals surface area (Å²) in [6.07, 6.45) is 5.67. The van der Waals surface area contributed by atoms with E-state index in [1.54, 1.807) is 0 Å². The lowest BCUT2D eigenvalue weighted by Crippen LogP contribution is -1.96. The van der Waals surface area contributed by atoms with Crippen LogP contribution in [0.1, 0.15) is 31.3 Å². The van der Waals surface area contributed by atoms with Crippen LogP contribution in [0.3, 0.4) is 0 Å². The van der Waals surface area contributed by atoms with E-state index in [2.05, 4.69) is 29.7 Å². The van der Waals surface area contributed by atoms with Gasteiger partial charge in [0.05, 0.1) is 5.69 Å². The molecule has 1 heterocycles. The zero-order chi connectivity index (χ0) is 8.27. The molecule has 0 atom stereocenters. The van der Waals surface area contributed by atoms with Crippen LogP contribution in [-0.4, -0.2) is 9.55 Å². The molecule has 62 valence electrons. The molecule has 2 nitrogen and oxygen atoms in total. The fraction of sp³-hybridized carbons (Fsp3) is 0.667. The number of rotatable bonds is 3. The molecular formula is C9H16N2. The molecule has 0 aromatic carbocycles. The smallest absolute Gasteiger partial charge is 0.108 e. The summed E-state index contributed by atoms with van der Waals surface area (Å²) in [5, 5.41) is 0. The van der Waals surface area contributed by atoms with Gasteiger partial charge >= 0.3 is 0 Å². The molecule has 11 heavy (non-hydrogen) atoms. The molecule has 1 aromatic rings. The maximum atomic E-state index is 4.41. The molecule has 0 aliphatic heterocycles. The van der Waals surface area contributed by atoms with Crippen molar-refractivity contribution < 1.29 is 0 Å². The van der Waals surface area contributed by atoms with Crippen molar-refractivity contribution in [2.24, 2.45) is 7.05 Å².